The molecule has 0 fully saturated rings. The third kappa shape index (κ3) is 2.97. The lowest BCUT2D eigenvalue weighted by atomic mass is 10.3. The molecule has 0 aliphatic heterocycles. The van der Waals surface area contributed by atoms with E-state index in [4.69, 9.17) is 4.42 Å². The Kier molecular flexibility index (Phi) is 3.61. The van der Waals surface area contributed by atoms with Crippen LogP contribution in [0.15, 0.2) is 22.7 Å². The molecule has 2 aromatic heterocycles. The first-order chi connectivity index (χ1) is 8.29. The number of nitrogens with zero attached hydrogens (tertiary/aromatic N) is 4. The Bertz CT molecular complexity index is 457. The minimum absolute atomic E-state index is 0.0323. The molecule has 0 bridgehead atoms. The van der Waals surface area contributed by atoms with Crippen molar-refractivity contribution in [1.29, 1.82) is 0 Å². The third-order valence-electron chi connectivity index (χ3n) is 2.13. The monoisotopic (exact) mass is 234 g/mol. The molecule has 2 rings (SSSR count). The van der Waals surface area contributed by atoms with Crippen LogP contribution in [0.5, 0.6) is 0 Å². The Morgan fingerprint density at radius 1 is 1.35 bits per heavy atom. The van der Waals surface area contributed by atoms with Gasteiger partial charge in [0.2, 0.25) is 5.89 Å². The highest BCUT2D eigenvalue weighted by Crippen LogP contribution is 2.16. The van der Waals surface area contributed by atoms with E-state index in [-0.39, 0.29) is 6.04 Å². The van der Waals surface area contributed by atoms with Crippen LogP contribution in [0.3, 0.4) is 0 Å². The molecule has 0 radical (unpaired) electrons. The molecule has 1 unspecified atom stereocenters. The van der Waals surface area contributed by atoms with Crippen molar-refractivity contribution in [2.75, 3.05) is 11.9 Å². The van der Waals surface area contributed by atoms with Crippen molar-refractivity contribution in [3.63, 3.8) is 0 Å². The lowest BCUT2D eigenvalue weighted by molar-refractivity contribution is 0.430. The van der Waals surface area contributed by atoms with Gasteiger partial charge in [0, 0.05) is 6.20 Å². The molecule has 0 amide bonds. The molecule has 90 valence electrons. The van der Waals surface area contributed by atoms with Crippen LogP contribution in [0.25, 0.3) is 0 Å². The van der Waals surface area contributed by atoms with E-state index >= 15 is 0 Å². The number of rotatable bonds is 5. The van der Waals surface area contributed by atoms with Crippen LogP contribution in [0.1, 0.15) is 25.8 Å². The highest BCUT2D eigenvalue weighted by molar-refractivity contribution is 5.43. The molecule has 1 atom stereocenters. The smallest absolute Gasteiger partial charge is 0.321 e. The van der Waals surface area contributed by atoms with E-state index in [0.717, 1.165) is 6.54 Å². The van der Waals surface area contributed by atoms with Gasteiger partial charge in [0.25, 0.3) is 0 Å². The average Bonchev–Trinajstić information content (AvgIpc) is 2.79. The minimum atomic E-state index is 0.0323. The molecule has 0 saturated heterocycles. The first kappa shape index (κ1) is 11.5. The van der Waals surface area contributed by atoms with Crippen molar-refractivity contribution < 1.29 is 4.42 Å². The Morgan fingerprint density at radius 3 is 2.94 bits per heavy atom. The maximum Gasteiger partial charge on any atom is 0.321 e. The molecular formula is C10H14N6O. The molecule has 2 aromatic rings. The Morgan fingerprint density at radius 2 is 2.24 bits per heavy atom. The predicted octanol–water partition coefficient (Wildman–Crippen LogP) is 1.27. The van der Waals surface area contributed by atoms with E-state index < -0.39 is 0 Å². The van der Waals surface area contributed by atoms with Gasteiger partial charge >= 0.3 is 6.01 Å². The van der Waals surface area contributed by atoms with Gasteiger partial charge in [0.05, 0.1) is 6.04 Å². The minimum Gasteiger partial charge on any atom is -0.406 e. The molecule has 2 N–H and O–H groups in total. The van der Waals surface area contributed by atoms with Crippen LogP contribution in [0.2, 0.25) is 0 Å². The zero-order valence-corrected chi connectivity index (χ0v) is 9.71. The fraction of sp³-hybridized carbons (Fsp3) is 0.400. The van der Waals surface area contributed by atoms with Gasteiger partial charge in [-0.15, -0.1) is 10.2 Å². The summed E-state index contributed by atoms with van der Waals surface area (Å²) in [6, 6.07) is 3.88. The standard InChI is InChI=1S/C10H14N6O/c1-3-11-7(2)9-15-16-10(17-9)13-8-5-4-6-12-14-8/h4-7,11H,3H2,1-2H3,(H,13,14,16). The van der Waals surface area contributed by atoms with Crippen LogP contribution >= 0.6 is 0 Å². The van der Waals surface area contributed by atoms with Crippen molar-refractivity contribution in [2.24, 2.45) is 0 Å². The summed E-state index contributed by atoms with van der Waals surface area (Å²) in [5.74, 6) is 1.11. The molecule has 0 aliphatic carbocycles. The normalized spacial score (nSPS) is 12.4. The topological polar surface area (TPSA) is 88.8 Å². The molecule has 7 nitrogen and oxygen atoms in total. The van der Waals surface area contributed by atoms with Gasteiger partial charge in [-0.25, -0.2) is 0 Å². The summed E-state index contributed by atoms with van der Waals surface area (Å²) in [5, 5.41) is 21.5. The van der Waals surface area contributed by atoms with Gasteiger partial charge in [-0.1, -0.05) is 12.0 Å². The van der Waals surface area contributed by atoms with E-state index in [0.29, 0.717) is 17.7 Å². The second-order valence-corrected chi connectivity index (χ2v) is 3.46. The van der Waals surface area contributed by atoms with E-state index in [1.54, 1.807) is 18.3 Å². The second-order valence-electron chi connectivity index (χ2n) is 3.46. The summed E-state index contributed by atoms with van der Waals surface area (Å²) < 4.78 is 5.44. The summed E-state index contributed by atoms with van der Waals surface area (Å²) in [5.41, 5.74) is 0. The molecular weight excluding hydrogens is 220 g/mol. The highest BCUT2D eigenvalue weighted by Gasteiger charge is 2.12. The van der Waals surface area contributed by atoms with Gasteiger partial charge in [-0.05, 0) is 25.6 Å². The Labute approximate surface area is 98.7 Å². The number of anilines is 2. The number of nitrogens with one attached hydrogen (secondary N) is 2. The number of hydrogen-bond donors (Lipinski definition) is 2. The second kappa shape index (κ2) is 5.35. The maximum absolute atomic E-state index is 5.44. The van der Waals surface area contributed by atoms with Gasteiger partial charge in [0.1, 0.15) is 0 Å². The molecule has 0 aromatic carbocycles. The summed E-state index contributed by atoms with van der Waals surface area (Å²) in [7, 11) is 0. The first-order valence-electron chi connectivity index (χ1n) is 5.41. The van der Waals surface area contributed by atoms with Crippen LogP contribution in [0, 0.1) is 0 Å². The van der Waals surface area contributed by atoms with Crippen molar-refractivity contribution in [1.82, 2.24) is 25.7 Å². The van der Waals surface area contributed by atoms with Crippen molar-refractivity contribution in [2.45, 2.75) is 19.9 Å². The molecule has 0 spiro atoms. The summed E-state index contributed by atoms with van der Waals surface area (Å²) >= 11 is 0. The van der Waals surface area contributed by atoms with Crippen molar-refractivity contribution >= 4 is 11.8 Å². The molecule has 17 heavy (non-hydrogen) atoms. The first-order valence-corrected chi connectivity index (χ1v) is 5.41. The van der Waals surface area contributed by atoms with E-state index in [9.17, 15) is 0 Å². The van der Waals surface area contributed by atoms with Gasteiger partial charge in [-0.2, -0.15) is 5.10 Å². The van der Waals surface area contributed by atoms with Crippen LogP contribution < -0.4 is 10.6 Å². The lowest BCUT2D eigenvalue weighted by Crippen LogP contribution is -2.17. The lowest BCUT2D eigenvalue weighted by Gasteiger charge is -2.05. The quantitative estimate of drug-likeness (QED) is 0.805. The molecule has 7 heteroatoms. The Balaban J connectivity index is 2.04. The van der Waals surface area contributed by atoms with Crippen LogP contribution in [-0.4, -0.2) is 26.9 Å². The average molecular weight is 234 g/mol. The van der Waals surface area contributed by atoms with E-state index in [1.807, 2.05) is 13.8 Å². The Hall–Kier alpha value is -2.02. The maximum atomic E-state index is 5.44. The van der Waals surface area contributed by atoms with Crippen LogP contribution in [-0.2, 0) is 0 Å². The predicted molar refractivity (Wildman–Crippen MR) is 61.7 cm³/mol. The summed E-state index contributed by atoms with van der Waals surface area (Å²) in [6.07, 6.45) is 1.59. The fourth-order valence-corrected chi connectivity index (χ4v) is 1.33. The van der Waals surface area contributed by atoms with Gasteiger partial charge < -0.3 is 9.73 Å². The largest absolute Gasteiger partial charge is 0.406 e. The SMILES string of the molecule is CCNC(C)c1nnc(Nc2cccnn2)o1. The zero-order chi connectivity index (χ0) is 12.1. The van der Waals surface area contributed by atoms with E-state index in [2.05, 4.69) is 31.0 Å². The number of hydrogen-bond acceptors (Lipinski definition) is 7. The molecule has 2 heterocycles. The summed E-state index contributed by atoms with van der Waals surface area (Å²) in [4.78, 5) is 0. The van der Waals surface area contributed by atoms with Crippen LogP contribution in [0.4, 0.5) is 11.8 Å². The van der Waals surface area contributed by atoms with Crippen molar-refractivity contribution in [3.8, 4) is 0 Å². The third-order valence-corrected chi connectivity index (χ3v) is 2.13. The fourth-order valence-electron chi connectivity index (χ4n) is 1.33. The van der Waals surface area contributed by atoms with E-state index in [1.165, 1.54) is 0 Å². The highest BCUT2D eigenvalue weighted by atomic mass is 16.4. The van der Waals surface area contributed by atoms with Gasteiger partial charge in [0.15, 0.2) is 5.82 Å². The van der Waals surface area contributed by atoms with Gasteiger partial charge in [-0.3, -0.25) is 5.32 Å². The number of aromatic nitrogens is 4. The van der Waals surface area contributed by atoms with Crippen molar-refractivity contribution in [3.05, 3.63) is 24.2 Å². The molecule has 0 aliphatic rings. The molecule has 0 saturated carbocycles. The summed E-state index contributed by atoms with van der Waals surface area (Å²) in [6.45, 7) is 4.82. The zero-order valence-electron chi connectivity index (χ0n) is 9.71.